The molecule has 6 nitrogen and oxygen atoms in total. The molecule has 4 heterocycles. The van der Waals surface area contributed by atoms with Crippen LogP contribution in [-0.4, -0.2) is 51.2 Å². The van der Waals surface area contributed by atoms with Crippen LogP contribution in [-0.2, 0) is 11.8 Å². The van der Waals surface area contributed by atoms with Crippen LogP contribution in [0.2, 0.25) is 0 Å². The summed E-state index contributed by atoms with van der Waals surface area (Å²) in [5.41, 5.74) is 6.13. The molecule has 2 aromatic rings. The predicted molar refractivity (Wildman–Crippen MR) is 124 cm³/mol. The lowest BCUT2D eigenvalue weighted by molar-refractivity contribution is -0.122. The molecular formula is C25H27N5O. The van der Waals surface area contributed by atoms with Crippen molar-refractivity contribution in [1.29, 1.82) is 0 Å². The summed E-state index contributed by atoms with van der Waals surface area (Å²) < 4.78 is 1.89. The zero-order valence-electron chi connectivity index (χ0n) is 18.2. The van der Waals surface area contributed by atoms with Gasteiger partial charge < -0.3 is 10.2 Å². The number of aromatic nitrogens is 2. The van der Waals surface area contributed by atoms with Crippen LogP contribution in [0.25, 0.3) is 16.5 Å². The first kappa shape index (κ1) is 19.6. The minimum atomic E-state index is -0.0421. The lowest BCUT2D eigenvalue weighted by Crippen LogP contribution is -2.48. The third-order valence-corrected chi connectivity index (χ3v) is 6.11. The van der Waals surface area contributed by atoms with Crippen LogP contribution in [0.5, 0.6) is 0 Å². The summed E-state index contributed by atoms with van der Waals surface area (Å²) in [5.74, 6) is -0.0421. The second-order valence-electron chi connectivity index (χ2n) is 8.45. The Labute approximate surface area is 182 Å². The number of nitrogens with one attached hydrogen (secondary N) is 1. The molecule has 0 radical (unpaired) electrons. The molecule has 1 N–H and O–H groups in total. The Morgan fingerprint density at radius 1 is 1.16 bits per heavy atom. The zero-order valence-corrected chi connectivity index (χ0v) is 18.2. The number of fused-ring (bicyclic) bond motifs is 2. The Hall–Kier alpha value is -3.38. The van der Waals surface area contributed by atoms with E-state index in [9.17, 15) is 4.79 Å². The minimum absolute atomic E-state index is 0.0421. The van der Waals surface area contributed by atoms with E-state index in [0.717, 1.165) is 58.6 Å². The predicted octanol–water partition coefficient (Wildman–Crippen LogP) is 3.25. The molecule has 1 atom stereocenters. The SMILES string of the molecule is Cc1cc(C2=C\C(=O)N3C=C(N4CCN[C@@H](C)C4)C=C\C3=C/C=C/2)cc2cnn(C)c12. The second-order valence-corrected chi connectivity index (χ2v) is 8.45. The zero-order chi connectivity index (χ0) is 21.5. The molecule has 0 spiro atoms. The molecule has 3 aliphatic rings. The Morgan fingerprint density at radius 2 is 2.00 bits per heavy atom. The van der Waals surface area contributed by atoms with Crippen LogP contribution < -0.4 is 5.32 Å². The van der Waals surface area contributed by atoms with Gasteiger partial charge >= 0.3 is 0 Å². The molecule has 1 fully saturated rings. The Morgan fingerprint density at radius 3 is 2.84 bits per heavy atom. The number of hydrogen-bond acceptors (Lipinski definition) is 4. The monoisotopic (exact) mass is 413 g/mol. The molecule has 5 rings (SSSR count). The topological polar surface area (TPSA) is 53.4 Å². The highest BCUT2D eigenvalue weighted by molar-refractivity contribution is 6.01. The molecule has 0 bridgehead atoms. The van der Waals surface area contributed by atoms with Gasteiger partial charge in [0, 0.05) is 56.1 Å². The number of allylic oxidation sites excluding steroid dienone is 6. The van der Waals surface area contributed by atoms with Crippen molar-refractivity contribution in [3.05, 3.63) is 83.5 Å². The number of amides is 1. The first-order valence-electron chi connectivity index (χ1n) is 10.7. The van der Waals surface area contributed by atoms with Crippen molar-refractivity contribution in [2.75, 3.05) is 19.6 Å². The van der Waals surface area contributed by atoms with Crippen molar-refractivity contribution in [3.63, 3.8) is 0 Å². The lowest BCUT2D eigenvalue weighted by atomic mass is 9.99. The van der Waals surface area contributed by atoms with Crippen LogP contribution >= 0.6 is 0 Å². The summed E-state index contributed by atoms with van der Waals surface area (Å²) in [6.45, 7) is 7.09. The van der Waals surface area contributed by atoms with E-state index in [2.05, 4.69) is 47.4 Å². The Bertz CT molecular complexity index is 1210. The minimum Gasteiger partial charge on any atom is -0.368 e. The third kappa shape index (κ3) is 3.64. The van der Waals surface area contributed by atoms with Crippen molar-refractivity contribution in [2.24, 2.45) is 7.05 Å². The fourth-order valence-corrected chi connectivity index (χ4v) is 4.58. The number of aryl methyl sites for hydroxylation is 2. The van der Waals surface area contributed by atoms with Gasteiger partial charge in [-0.2, -0.15) is 5.10 Å². The van der Waals surface area contributed by atoms with E-state index in [0.29, 0.717) is 6.04 Å². The quantitative estimate of drug-likeness (QED) is 0.821. The molecule has 0 saturated carbocycles. The highest BCUT2D eigenvalue weighted by Crippen LogP contribution is 2.28. The maximum absolute atomic E-state index is 13.3. The van der Waals surface area contributed by atoms with Crippen LogP contribution in [0.15, 0.2) is 72.4 Å². The number of benzene rings is 1. The summed E-state index contributed by atoms with van der Waals surface area (Å²) >= 11 is 0. The number of nitrogens with zero attached hydrogens (tertiary/aromatic N) is 4. The largest absolute Gasteiger partial charge is 0.368 e. The number of hydrogen-bond donors (Lipinski definition) is 1. The molecule has 3 aliphatic heterocycles. The number of carbonyl (C=O) groups excluding carboxylic acids is 1. The van der Waals surface area contributed by atoms with Crippen LogP contribution in [0.3, 0.4) is 0 Å². The summed E-state index contributed by atoms with van der Waals surface area (Å²) in [5, 5.41) is 8.92. The Kier molecular flexibility index (Phi) is 4.87. The molecule has 0 unspecified atom stereocenters. The molecule has 1 amide bonds. The molecular weight excluding hydrogens is 386 g/mol. The van der Waals surface area contributed by atoms with Gasteiger partial charge in [-0.25, -0.2) is 0 Å². The standard InChI is InChI=1S/C25H27N5O/c1-17-11-20(12-21-14-27-28(3)25(17)21)19-5-4-6-22-7-8-23(16-30(22)24(31)13-19)29-10-9-26-18(2)15-29/h4-8,11-14,16,18,26H,9-10,15H2,1-3H3/b5-4+,19-13+,22-6+/t18-/m0/s1. The second kappa shape index (κ2) is 7.71. The third-order valence-electron chi connectivity index (χ3n) is 6.11. The van der Waals surface area contributed by atoms with Gasteiger partial charge in [-0.15, -0.1) is 0 Å². The summed E-state index contributed by atoms with van der Waals surface area (Å²) in [6.07, 6.45) is 15.7. The van der Waals surface area contributed by atoms with Gasteiger partial charge in [0.2, 0.25) is 0 Å². The van der Waals surface area contributed by atoms with E-state index in [1.807, 2.05) is 48.4 Å². The van der Waals surface area contributed by atoms with E-state index < -0.39 is 0 Å². The first-order chi connectivity index (χ1) is 15.0. The molecule has 1 aromatic heterocycles. The van der Waals surface area contributed by atoms with Crippen molar-refractivity contribution >= 4 is 22.4 Å². The van der Waals surface area contributed by atoms with E-state index in [1.165, 1.54) is 0 Å². The number of piperazine rings is 1. The van der Waals surface area contributed by atoms with Gasteiger partial charge in [0.15, 0.2) is 0 Å². The van der Waals surface area contributed by atoms with Crippen LogP contribution in [0, 0.1) is 6.92 Å². The average molecular weight is 414 g/mol. The van der Waals surface area contributed by atoms with Gasteiger partial charge in [-0.1, -0.05) is 12.2 Å². The van der Waals surface area contributed by atoms with Gasteiger partial charge in [0.25, 0.3) is 5.91 Å². The fraction of sp³-hybridized carbons (Fsp3) is 0.280. The number of rotatable bonds is 2. The summed E-state index contributed by atoms with van der Waals surface area (Å²) in [4.78, 5) is 17.4. The van der Waals surface area contributed by atoms with Gasteiger partial charge in [0.05, 0.1) is 17.4 Å². The van der Waals surface area contributed by atoms with Gasteiger partial charge in [-0.3, -0.25) is 14.4 Å². The summed E-state index contributed by atoms with van der Waals surface area (Å²) in [6, 6.07) is 4.66. The maximum atomic E-state index is 13.3. The van der Waals surface area contributed by atoms with E-state index in [-0.39, 0.29) is 5.91 Å². The smallest absolute Gasteiger partial charge is 0.255 e. The average Bonchev–Trinajstić information content (AvgIpc) is 3.13. The highest BCUT2D eigenvalue weighted by atomic mass is 16.2. The fourth-order valence-electron chi connectivity index (χ4n) is 4.58. The van der Waals surface area contributed by atoms with Crippen molar-refractivity contribution < 1.29 is 4.79 Å². The molecule has 1 saturated heterocycles. The van der Waals surface area contributed by atoms with E-state index >= 15 is 0 Å². The van der Waals surface area contributed by atoms with Crippen molar-refractivity contribution in [1.82, 2.24) is 24.9 Å². The number of carbonyl (C=O) groups is 1. The first-order valence-corrected chi connectivity index (χ1v) is 10.7. The van der Waals surface area contributed by atoms with Crippen molar-refractivity contribution in [3.8, 4) is 0 Å². The molecule has 1 aromatic carbocycles. The molecule has 31 heavy (non-hydrogen) atoms. The van der Waals surface area contributed by atoms with Crippen LogP contribution in [0.1, 0.15) is 18.1 Å². The van der Waals surface area contributed by atoms with E-state index in [1.54, 1.807) is 11.0 Å². The highest BCUT2D eigenvalue weighted by Gasteiger charge is 2.23. The molecule has 6 heteroatoms. The lowest BCUT2D eigenvalue weighted by Gasteiger charge is -2.36. The normalized spacial score (nSPS) is 25.8. The van der Waals surface area contributed by atoms with Crippen molar-refractivity contribution in [2.45, 2.75) is 19.9 Å². The van der Waals surface area contributed by atoms with E-state index in [4.69, 9.17) is 0 Å². The maximum Gasteiger partial charge on any atom is 0.255 e. The Balaban J connectivity index is 1.50. The van der Waals surface area contributed by atoms with Crippen LogP contribution in [0.4, 0.5) is 0 Å². The van der Waals surface area contributed by atoms with Gasteiger partial charge in [-0.05, 0) is 60.9 Å². The molecule has 158 valence electrons. The van der Waals surface area contributed by atoms with Gasteiger partial charge in [0.1, 0.15) is 0 Å². The molecule has 0 aliphatic carbocycles. The summed E-state index contributed by atoms with van der Waals surface area (Å²) in [7, 11) is 1.95.